The van der Waals surface area contributed by atoms with Gasteiger partial charge in [-0.1, -0.05) is 0 Å². The van der Waals surface area contributed by atoms with Gasteiger partial charge >= 0.3 is 11.7 Å². The average Bonchev–Trinajstić information content (AvgIpc) is 3.00. The molecule has 0 spiro atoms. The first kappa shape index (κ1) is 21.9. The second-order valence-electron chi connectivity index (χ2n) is 8.10. The third kappa shape index (κ3) is 4.89. The van der Waals surface area contributed by atoms with Gasteiger partial charge in [-0.2, -0.15) is 0 Å². The number of esters is 1. The molecule has 0 radical (unpaired) electrons. The molecule has 0 bridgehead atoms. The Balaban J connectivity index is 1.86. The molecule has 9 nitrogen and oxygen atoms in total. The second kappa shape index (κ2) is 8.72. The lowest BCUT2D eigenvalue weighted by Crippen LogP contribution is -2.39. The van der Waals surface area contributed by atoms with E-state index in [1.165, 1.54) is 15.5 Å². The van der Waals surface area contributed by atoms with Crippen LogP contribution in [0.25, 0.3) is 11.2 Å². The van der Waals surface area contributed by atoms with Crippen LogP contribution in [-0.2, 0) is 34.9 Å². The van der Waals surface area contributed by atoms with Gasteiger partial charge in [0, 0.05) is 20.6 Å². The topological polar surface area (TPSA) is 97.3 Å². The molecule has 2 aromatic heterocycles. The maximum atomic E-state index is 12.6. The molecule has 0 aliphatic carbocycles. The number of imidazole rings is 1. The molecule has 0 amide bonds. The van der Waals surface area contributed by atoms with Gasteiger partial charge in [0.1, 0.15) is 0 Å². The smallest absolute Gasteiger partial charge is 0.332 e. The first-order valence-corrected chi connectivity index (χ1v) is 9.43. The summed E-state index contributed by atoms with van der Waals surface area (Å²) in [5, 5.41) is 0. The number of fused-ring (bicyclic) bond motifs is 1. The Bertz CT molecular complexity index is 948. The van der Waals surface area contributed by atoms with Crippen molar-refractivity contribution in [1.29, 1.82) is 0 Å². The number of aryl methyl sites for hydroxylation is 2. The minimum atomic E-state index is -0.555. The molecule has 2 rings (SSSR count). The number of rotatable bonds is 8. The fourth-order valence-electron chi connectivity index (χ4n) is 2.80. The Morgan fingerprint density at radius 1 is 1.21 bits per heavy atom. The number of nitrogens with zero attached hydrogens (tertiary/aromatic N) is 4. The molecule has 2 heterocycles. The van der Waals surface area contributed by atoms with Crippen molar-refractivity contribution in [2.75, 3.05) is 6.79 Å². The zero-order valence-corrected chi connectivity index (χ0v) is 17.5. The van der Waals surface area contributed by atoms with E-state index in [2.05, 4.69) is 4.98 Å². The van der Waals surface area contributed by atoms with Crippen molar-refractivity contribution in [1.82, 2.24) is 18.7 Å². The van der Waals surface area contributed by atoms with E-state index in [1.807, 2.05) is 6.92 Å². The molecule has 9 heteroatoms. The van der Waals surface area contributed by atoms with Crippen LogP contribution in [0.5, 0.6) is 0 Å². The van der Waals surface area contributed by atoms with Crippen molar-refractivity contribution in [3.05, 3.63) is 27.2 Å². The predicted octanol–water partition coefficient (Wildman–Crippen LogP) is 1.56. The molecule has 2 aromatic rings. The second-order valence-corrected chi connectivity index (χ2v) is 8.10. The standard InChI is InChI=1S/C19H30N4O5/c1-13(27-12-28-17(25)19(2,3)4)9-7-8-10-23-16(24)14-15(20-11-21(14)5)22(6)18(23)26/h11,13H,7-10,12H2,1-6H3. The Hall–Kier alpha value is -2.42. The summed E-state index contributed by atoms with van der Waals surface area (Å²) in [7, 11) is 3.35. The van der Waals surface area contributed by atoms with Crippen molar-refractivity contribution in [3.8, 4) is 0 Å². The molecule has 0 fully saturated rings. The highest BCUT2D eigenvalue weighted by Crippen LogP contribution is 2.15. The third-order valence-corrected chi connectivity index (χ3v) is 4.60. The van der Waals surface area contributed by atoms with E-state index in [0.717, 1.165) is 12.8 Å². The highest BCUT2D eigenvalue weighted by atomic mass is 16.7. The van der Waals surface area contributed by atoms with Crippen LogP contribution in [-0.4, -0.2) is 37.6 Å². The molecule has 0 N–H and O–H groups in total. The lowest BCUT2D eigenvalue weighted by molar-refractivity contribution is -0.169. The highest BCUT2D eigenvalue weighted by molar-refractivity contribution is 5.75. The summed E-state index contributed by atoms with van der Waals surface area (Å²) in [6, 6.07) is 0. The highest BCUT2D eigenvalue weighted by Gasteiger charge is 2.23. The minimum Gasteiger partial charge on any atom is -0.438 e. The van der Waals surface area contributed by atoms with Crippen LogP contribution in [0, 0.1) is 5.41 Å². The molecule has 28 heavy (non-hydrogen) atoms. The third-order valence-electron chi connectivity index (χ3n) is 4.60. The van der Waals surface area contributed by atoms with Gasteiger partial charge in [0.25, 0.3) is 5.56 Å². The van der Waals surface area contributed by atoms with E-state index in [-0.39, 0.29) is 30.1 Å². The van der Waals surface area contributed by atoms with Gasteiger partial charge in [-0.3, -0.25) is 18.7 Å². The monoisotopic (exact) mass is 394 g/mol. The van der Waals surface area contributed by atoms with Crippen molar-refractivity contribution in [3.63, 3.8) is 0 Å². The molecule has 1 atom stereocenters. The van der Waals surface area contributed by atoms with Crippen LogP contribution < -0.4 is 11.2 Å². The van der Waals surface area contributed by atoms with Crippen LogP contribution in [0.3, 0.4) is 0 Å². The van der Waals surface area contributed by atoms with E-state index < -0.39 is 5.41 Å². The minimum absolute atomic E-state index is 0.0750. The number of hydrogen-bond acceptors (Lipinski definition) is 6. The summed E-state index contributed by atoms with van der Waals surface area (Å²) < 4.78 is 14.9. The van der Waals surface area contributed by atoms with Gasteiger partial charge in [-0.25, -0.2) is 9.78 Å². The van der Waals surface area contributed by atoms with Crippen molar-refractivity contribution >= 4 is 17.1 Å². The molecular formula is C19H30N4O5. The fourth-order valence-corrected chi connectivity index (χ4v) is 2.80. The summed E-state index contributed by atoms with van der Waals surface area (Å²) in [6.45, 7) is 7.51. The maximum Gasteiger partial charge on any atom is 0.332 e. The first-order chi connectivity index (χ1) is 13.0. The normalized spacial score (nSPS) is 13.1. The summed E-state index contributed by atoms with van der Waals surface area (Å²) >= 11 is 0. The summed E-state index contributed by atoms with van der Waals surface area (Å²) in [6.07, 6.45) is 3.60. The number of ether oxygens (including phenoxy) is 2. The van der Waals surface area contributed by atoms with Crippen LogP contribution in [0.15, 0.2) is 15.9 Å². The van der Waals surface area contributed by atoms with Crippen molar-refractivity contribution in [2.24, 2.45) is 19.5 Å². The maximum absolute atomic E-state index is 12.6. The SMILES string of the molecule is CC(CCCCn1c(=O)c2c(ncn2C)n(C)c1=O)OCOC(=O)C(C)(C)C. The molecule has 0 saturated heterocycles. The zero-order valence-electron chi connectivity index (χ0n) is 17.5. The van der Waals surface area contributed by atoms with E-state index in [0.29, 0.717) is 24.1 Å². The number of carbonyl (C=O) groups is 1. The van der Waals surface area contributed by atoms with Crippen molar-refractivity contribution in [2.45, 2.75) is 59.6 Å². The first-order valence-electron chi connectivity index (χ1n) is 9.43. The van der Waals surface area contributed by atoms with Crippen LogP contribution in [0.4, 0.5) is 0 Å². The van der Waals surface area contributed by atoms with Crippen LogP contribution >= 0.6 is 0 Å². The molecule has 0 aromatic carbocycles. The summed E-state index contributed by atoms with van der Waals surface area (Å²) in [5.41, 5.74) is -0.438. The lowest BCUT2D eigenvalue weighted by atomic mass is 9.98. The van der Waals surface area contributed by atoms with E-state index in [4.69, 9.17) is 9.47 Å². The van der Waals surface area contributed by atoms with Gasteiger partial charge in [-0.15, -0.1) is 0 Å². The fraction of sp³-hybridized carbons (Fsp3) is 0.684. The van der Waals surface area contributed by atoms with Gasteiger partial charge in [0.05, 0.1) is 17.8 Å². The molecule has 0 aliphatic heterocycles. The Morgan fingerprint density at radius 2 is 1.89 bits per heavy atom. The van der Waals surface area contributed by atoms with Gasteiger partial charge in [0.2, 0.25) is 0 Å². The van der Waals surface area contributed by atoms with Crippen LogP contribution in [0.1, 0.15) is 47.0 Å². The average molecular weight is 394 g/mol. The van der Waals surface area contributed by atoms with Gasteiger partial charge in [-0.05, 0) is 47.0 Å². The molecule has 0 aliphatic rings. The summed E-state index contributed by atoms with van der Waals surface area (Å²) in [5.74, 6) is -0.305. The molecular weight excluding hydrogens is 364 g/mol. The van der Waals surface area contributed by atoms with Gasteiger partial charge < -0.3 is 14.0 Å². The van der Waals surface area contributed by atoms with Crippen LogP contribution in [0.2, 0.25) is 0 Å². The Kier molecular flexibility index (Phi) is 6.82. The zero-order chi connectivity index (χ0) is 21.1. The lowest BCUT2D eigenvalue weighted by Gasteiger charge is -2.18. The summed E-state index contributed by atoms with van der Waals surface area (Å²) in [4.78, 5) is 40.8. The Labute approximate surface area is 163 Å². The molecule has 0 saturated carbocycles. The molecule has 156 valence electrons. The van der Waals surface area contributed by atoms with Crippen molar-refractivity contribution < 1.29 is 14.3 Å². The Morgan fingerprint density at radius 3 is 2.54 bits per heavy atom. The number of unbranched alkanes of at least 4 members (excludes halogenated alkanes) is 1. The number of hydrogen-bond donors (Lipinski definition) is 0. The van der Waals surface area contributed by atoms with E-state index in [9.17, 15) is 14.4 Å². The molecule has 1 unspecified atom stereocenters. The van der Waals surface area contributed by atoms with Gasteiger partial charge in [0.15, 0.2) is 18.0 Å². The predicted molar refractivity (Wildman–Crippen MR) is 105 cm³/mol. The quantitative estimate of drug-likeness (QED) is 0.383. The largest absolute Gasteiger partial charge is 0.438 e. The number of carbonyl (C=O) groups excluding carboxylic acids is 1. The van der Waals surface area contributed by atoms with E-state index >= 15 is 0 Å². The van der Waals surface area contributed by atoms with E-state index in [1.54, 1.807) is 39.4 Å². The number of aromatic nitrogens is 4.